The molecule has 1 fully saturated rings. The summed E-state index contributed by atoms with van der Waals surface area (Å²) in [6.45, 7) is 17.6. The van der Waals surface area contributed by atoms with Crippen LogP contribution >= 0.6 is 0 Å². The van der Waals surface area contributed by atoms with Crippen molar-refractivity contribution >= 4 is 0 Å². The second-order valence-corrected chi connectivity index (χ2v) is 8.34. The van der Waals surface area contributed by atoms with E-state index in [0.29, 0.717) is 5.41 Å². The van der Waals surface area contributed by atoms with Gasteiger partial charge in [0.15, 0.2) is 0 Å². The molecule has 0 unspecified atom stereocenters. The molecule has 0 amide bonds. The predicted molar refractivity (Wildman–Crippen MR) is 88.3 cm³/mol. The molecule has 0 atom stereocenters. The van der Waals surface area contributed by atoms with Gasteiger partial charge < -0.3 is 9.73 Å². The van der Waals surface area contributed by atoms with Gasteiger partial charge in [-0.15, -0.1) is 0 Å². The highest BCUT2D eigenvalue weighted by molar-refractivity contribution is 5.21. The van der Waals surface area contributed by atoms with Gasteiger partial charge in [0.05, 0.1) is 6.54 Å². The zero-order valence-corrected chi connectivity index (χ0v) is 14.7. The van der Waals surface area contributed by atoms with E-state index in [2.05, 4.69) is 57.8 Å². The molecule has 1 aromatic rings. The van der Waals surface area contributed by atoms with Crippen LogP contribution in [0.15, 0.2) is 10.5 Å². The highest BCUT2D eigenvalue weighted by atomic mass is 16.3. The summed E-state index contributed by atoms with van der Waals surface area (Å²) < 4.78 is 5.95. The van der Waals surface area contributed by atoms with Crippen LogP contribution in [0.3, 0.4) is 0 Å². The molecular formula is C18H32N2O. The lowest BCUT2D eigenvalue weighted by Gasteiger charge is -2.36. The molecule has 1 saturated heterocycles. The summed E-state index contributed by atoms with van der Waals surface area (Å²) in [5.41, 5.74) is 1.94. The van der Waals surface area contributed by atoms with E-state index in [0.717, 1.165) is 24.6 Å². The van der Waals surface area contributed by atoms with Gasteiger partial charge in [-0.2, -0.15) is 0 Å². The van der Waals surface area contributed by atoms with Crippen LogP contribution in [0.4, 0.5) is 0 Å². The molecule has 0 saturated carbocycles. The Morgan fingerprint density at radius 2 is 1.86 bits per heavy atom. The van der Waals surface area contributed by atoms with Crippen LogP contribution in [-0.4, -0.2) is 23.5 Å². The van der Waals surface area contributed by atoms with E-state index >= 15 is 0 Å². The number of hydrogen-bond donors (Lipinski definition) is 1. The maximum absolute atomic E-state index is 5.95. The lowest BCUT2D eigenvalue weighted by Crippen LogP contribution is -2.36. The first kappa shape index (κ1) is 16.6. The highest BCUT2D eigenvalue weighted by Crippen LogP contribution is 2.30. The van der Waals surface area contributed by atoms with E-state index in [1.54, 1.807) is 0 Å². The Balaban J connectivity index is 1.90. The summed E-state index contributed by atoms with van der Waals surface area (Å²) in [4.78, 5) is 2.52. The summed E-state index contributed by atoms with van der Waals surface area (Å²) in [5, 5.41) is 3.53. The van der Waals surface area contributed by atoms with E-state index < -0.39 is 0 Å². The summed E-state index contributed by atoms with van der Waals surface area (Å²) >= 11 is 0. The minimum Gasteiger partial charge on any atom is -0.465 e. The second kappa shape index (κ2) is 6.13. The third-order valence-corrected chi connectivity index (χ3v) is 4.47. The first-order valence-corrected chi connectivity index (χ1v) is 8.20. The molecule has 21 heavy (non-hydrogen) atoms. The van der Waals surface area contributed by atoms with Gasteiger partial charge >= 0.3 is 0 Å². The quantitative estimate of drug-likeness (QED) is 0.905. The molecule has 120 valence electrons. The number of hydrogen-bond acceptors (Lipinski definition) is 3. The molecule has 3 nitrogen and oxygen atoms in total. The Labute approximate surface area is 130 Å². The smallest absolute Gasteiger partial charge is 0.118 e. The van der Waals surface area contributed by atoms with E-state index in [-0.39, 0.29) is 5.54 Å². The van der Waals surface area contributed by atoms with Gasteiger partial charge in [0.1, 0.15) is 11.5 Å². The van der Waals surface area contributed by atoms with Crippen molar-refractivity contribution in [3.05, 3.63) is 23.2 Å². The van der Waals surface area contributed by atoms with Crippen LogP contribution < -0.4 is 5.32 Å². The van der Waals surface area contributed by atoms with Gasteiger partial charge in [-0.1, -0.05) is 13.8 Å². The minimum absolute atomic E-state index is 0.141. The zero-order valence-electron chi connectivity index (χ0n) is 14.7. The second-order valence-electron chi connectivity index (χ2n) is 8.34. The average molecular weight is 292 g/mol. The molecule has 2 rings (SSSR count). The van der Waals surface area contributed by atoms with Crippen LogP contribution in [0.2, 0.25) is 0 Å². The van der Waals surface area contributed by atoms with Crippen molar-refractivity contribution in [1.29, 1.82) is 0 Å². The summed E-state index contributed by atoms with van der Waals surface area (Å²) in [6.07, 6.45) is 2.57. The number of rotatable bonds is 4. The molecule has 0 bridgehead atoms. The molecule has 1 aliphatic rings. The number of piperidine rings is 1. The standard InChI is InChI=1S/C18H32N2O/c1-14-15(12-19-17(2,3)4)11-16(21-14)13-20-9-7-18(5,6)8-10-20/h11,19H,7-10,12-13H2,1-6H3. The predicted octanol–water partition coefficient (Wildman–Crippen LogP) is 4.10. The van der Waals surface area contributed by atoms with E-state index in [4.69, 9.17) is 4.42 Å². The Bertz CT molecular complexity index is 458. The van der Waals surface area contributed by atoms with Crippen molar-refractivity contribution in [3.8, 4) is 0 Å². The minimum atomic E-state index is 0.141. The van der Waals surface area contributed by atoms with Crippen LogP contribution in [0.5, 0.6) is 0 Å². The van der Waals surface area contributed by atoms with Gasteiger partial charge in [0.25, 0.3) is 0 Å². The van der Waals surface area contributed by atoms with Gasteiger partial charge in [-0.25, -0.2) is 0 Å². The molecule has 0 aromatic carbocycles. The lowest BCUT2D eigenvalue weighted by atomic mass is 9.83. The number of nitrogens with one attached hydrogen (secondary N) is 1. The lowest BCUT2D eigenvalue weighted by molar-refractivity contribution is 0.120. The number of likely N-dealkylation sites (tertiary alicyclic amines) is 1. The number of aryl methyl sites for hydroxylation is 1. The molecule has 1 aromatic heterocycles. The monoisotopic (exact) mass is 292 g/mol. The third kappa shape index (κ3) is 5.15. The SMILES string of the molecule is Cc1oc(CN2CCC(C)(C)CC2)cc1CNC(C)(C)C. The molecule has 1 N–H and O–H groups in total. The Hall–Kier alpha value is -0.800. The first-order chi connectivity index (χ1) is 9.65. The molecule has 0 aliphatic carbocycles. The zero-order chi connectivity index (χ0) is 15.7. The van der Waals surface area contributed by atoms with Crippen molar-refractivity contribution in [3.63, 3.8) is 0 Å². The topological polar surface area (TPSA) is 28.4 Å². The van der Waals surface area contributed by atoms with E-state index in [1.165, 1.54) is 31.5 Å². The normalized spacial score (nSPS) is 19.9. The fourth-order valence-electron chi connectivity index (χ4n) is 2.74. The van der Waals surface area contributed by atoms with Crippen LogP contribution in [0, 0.1) is 12.3 Å². The average Bonchev–Trinajstić information content (AvgIpc) is 2.69. The van der Waals surface area contributed by atoms with Crippen molar-refractivity contribution in [1.82, 2.24) is 10.2 Å². The molecule has 0 spiro atoms. The molecule has 3 heteroatoms. The number of nitrogens with zero attached hydrogens (tertiary/aromatic N) is 1. The Morgan fingerprint density at radius 1 is 1.24 bits per heavy atom. The van der Waals surface area contributed by atoms with Crippen molar-refractivity contribution in [2.75, 3.05) is 13.1 Å². The largest absolute Gasteiger partial charge is 0.465 e. The summed E-state index contributed by atoms with van der Waals surface area (Å²) in [5.74, 6) is 2.16. The van der Waals surface area contributed by atoms with Gasteiger partial charge in [0, 0.05) is 17.6 Å². The van der Waals surface area contributed by atoms with E-state index in [9.17, 15) is 0 Å². The van der Waals surface area contributed by atoms with Crippen LogP contribution in [-0.2, 0) is 13.1 Å². The molecule has 0 radical (unpaired) electrons. The van der Waals surface area contributed by atoms with Gasteiger partial charge in [-0.05, 0) is 65.1 Å². The van der Waals surface area contributed by atoms with Crippen molar-refractivity contribution in [2.24, 2.45) is 5.41 Å². The third-order valence-electron chi connectivity index (χ3n) is 4.47. The van der Waals surface area contributed by atoms with Crippen LogP contribution in [0.1, 0.15) is 64.5 Å². The van der Waals surface area contributed by atoms with Crippen LogP contribution in [0.25, 0.3) is 0 Å². The Kier molecular flexibility index (Phi) is 4.84. The molecular weight excluding hydrogens is 260 g/mol. The number of furan rings is 1. The summed E-state index contributed by atoms with van der Waals surface area (Å²) in [6, 6.07) is 2.23. The Morgan fingerprint density at radius 3 is 2.43 bits per heavy atom. The molecule has 1 aliphatic heterocycles. The van der Waals surface area contributed by atoms with E-state index in [1.807, 2.05) is 0 Å². The highest BCUT2D eigenvalue weighted by Gasteiger charge is 2.25. The fourth-order valence-corrected chi connectivity index (χ4v) is 2.74. The summed E-state index contributed by atoms with van der Waals surface area (Å²) in [7, 11) is 0. The molecule has 2 heterocycles. The fraction of sp³-hybridized carbons (Fsp3) is 0.778. The van der Waals surface area contributed by atoms with Crippen molar-refractivity contribution in [2.45, 2.75) is 73.0 Å². The van der Waals surface area contributed by atoms with Crippen molar-refractivity contribution < 1.29 is 4.42 Å². The van der Waals surface area contributed by atoms with Gasteiger partial charge in [-0.3, -0.25) is 4.90 Å². The van der Waals surface area contributed by atoms with Gasteiger partial charge in [0.2, 0.25) is 0 Å². The first-order valence-electron chi connectivity index (χ1n) is 8.20. The maximum atomic E-state index is 5.95. The maximum Gasteiger partial charge on any atom is 0.118 e.